The summed E-state index contributed by atoms with van der Waals surface area (Å²) in [4.78, 5) is 12.7. The molecule has 2 aromatic rings. The number of halogens is 2. The SMILES string of the molecule is C[C@@H]1CCCC[C@H]1NC(=O)CN(Cc1ccco1)S(=O)(=O)c1ccc(Cl)c(Cl)c1. The van der Waals surface area contributed by atoms with Crippen LogP contribution in [0.1, 0.15) is 38.4 Å². The van der Waals surface area contributed by atoms with E-state index in [0.717, 1.165) is 30.0 Å². The Morgan fingerprint density at radius 2 is 1.97 bits per heavy atom. The Morgan fingerprint density at radius 1 is 1.21 bits per heavy atom. The molecule has 0 bridgehead atoms. The van der Waals surface area contributed by atoms with E-state index in [1.807, 2.05) is 0 Å². The molecule has 1 saturated carbocycles. The Bertz CT molecular complexity index is 947. The molecule has 29 heavy (non-hydrogen) atoms. The molecule has 0 spiro atoms. The van der Waals surface area contributed by atoms with Gasteiger partial charge in [0.05, 0.1) is 34.3 Å². The third-order valence-electron chi connectivity index (χ3n) is 5.22. The second kappa shape index (κ2) is 9.51. The molecule has 0 aliphatic heterocycles. The van der Waals surface area contributed by atoms with Crippen LogP contribution in [0, 0.1) is 5.92 Å². The largest absolute Gasteiger partial charge is 0.468 e. The van der Waals surface area contributed by atoms with Crippen molar-refractivity contribution in [3.8, 4) is 0 Å². The number of sulfonamides is 1. The van der Waals surface area contributed by atoms with Gasteiger partial charge in [0.15, 0.2) is 0 Å². The zero-order valence-corrected chi connectivity index (χ0v) is 18.4. The molecule has 0 radical (unpaired) electrons. The summed E-state index contributed by atoms with van der Waals surface area (Å²) >= 11 is 11.9. The molecule has 1 amide bonds. The van der Waals surface area contributed by atoms with Gasteiger partial charge in [-0.2, -0.15) is 4.31 Å². The third kappa shape index (κ3) is 5.54. The summed E-state index contributed by atoms with van der Waals surface area (Å²) in [5, 5.41) is 3.39. The number of rotatable bonds is 7. The van der Waals surface area contributed by atoms with Crippen LogP contribution in [0.4, 0.5) is 0 Å². The van der Waals surface area contributed by atoms with Gasteiger partial charge in [0.2, 0.25) is 15.9 Å². The second-order valence-electron chi connectivity index (χ2n) is 7.36. The maximum atomic E-state index is 13.2. The zero-order valence-electron chi connectivity index (χ0n) is 16.1. The zero-order chi connectivity index (χ0) is 21.0. The Labute approximate surface area is 181 Å². The first-order valence-electron chi connectivity index (χ1n) is 9.54. The number of benzene rings is 1. The molecule has 1 aliphatic rings. The molecule has 1 fully saturated rings. The van der Waals surface area contributed by atoms with Crippen molar-refractivity contribution in [2.45, 2.75) is 50.1 Å². The lowest BCUT2D eigenvalue weighted by molar-refractivity contribution is -0.122. The molecule has 1 N–H and O–H groups in total. The highest BCUT2D eigenvalue weighted by molar-refractivity contribution is 7.89. The van der Waals surface area contributed by atoms with E-state index in [0.29, 0.717) is 11.7 Å². The molecule has 1 aromatic heterocycles. The highest BCUT2D eigenvalue weighted by Crippen LogP contribution is 2.28. The standard InChI is InChI=1S/C20H24Cl2N2O4S/c1-14-5-2-3-7-19(14)23-20(25)13-24(12-15-6-4-10-28-15)29(26,27)16-8-9-17(21)18(22)11-16/h4,6,8-11,14,19H,2-3,5,7,12-13H2,1H3,(H,23,25)/t14-,19-/m1/s1. The van der Waals surface area contributed by atoms with Crippen LogP contribution in [0.2, 0.25) is 10.0 Å². The number of hydrogen-bond donors (Lipinski definition) is 1. The molecule has 0 unspecified atom stereocenters. The van der Waals surface area contributed by atoms with Crippen LogP contribution in [0.3, 0.4) is 0 Å². The molecule has 158 valence electrons. The van der Waals surface area contributed by atoms with Gasteiger partial charge in [-0.1, -0.05) is 43.0 Å². The summed E-state index contributed by atoms with van der Waals surface area (Å²) in [6, 6.07) is 7.48. The average molecular weight is 459 g/mol. The van der Waals surface area contributed by atoms with Crippen LogP contribution in [0.15, 0.2) is 45.9 Å². The smallest absolute Gasteiger partial charge is 0.244 e. The van der Waals surface area contributed by atoms with Crippen molar-refractivity contribution in [2.24, 2.45) is 5.92 Å². The maximum Gasteiger partial charge on any atom is 0.244 e. The minimum absolute atomic E-state index is 0.0303. The highest BCUT2D eigenvalue weighted by Gasteiger charge is 2.30. The minimum atomic E-state index is -4.00. The Hall–Kier alpha value is -1.54. The van der Waals surface area contributed by atoms with Crippen LogP contribution < -0.4 is 5.32 Å². The fraction of sp³-hybridized carbons (Fsp3) is 0.450. The molecule has 3 rings (SSSR count). The van der Waals surface area contributed by atoms with Gasteiger partial charge in [-0.3, -0.25) is 4.79 Å². The minimum Gasteiger partial charge on any atom is -0.468 e. The topological polar surface area (TPSA) is 79.6 Å². The third-order valence-corrected chi connectivity index (χ3v) is 7.75. The summed E-state index contributed by atoms with van der Waals surface area (Å²) in [6.45, 7) is 1.73. The Balaban J connectivity index is 1.81. The van der Waals surface area contributed by atoms with Crippen LogP contribution in [0.25, 0.3) is 0 Å². The van der Waals surface area contributed by atoms with E-state index in [2.05, 4.69) is 12.2 Å². The summed E-state index contributed by atoms with van der Waals surface area (Å²) in [5.74, 6) is 0.476. The molecule has 0 saturated heterocycles. The van der Waals surface area contributed by atoms with Crippen molar-refractivity contribution in [1.82, 2.24) is 9.62 Å². The average Bonchev–Trinajstić information content (AvgIpc) is 3.18. The van der Waals surface area contributed by atoms with Crippen LogP contribution in [0.5, 0.6) is 0 Å². The number of hydrogen-bond acceptors (Lipinski definition) is 4. The predicted octanol–water partition coefficient (Wildman–Crippen LogP) is 4.47. The first-order valence-corrected chi connectivity index (χ1v) is 11.7. The molecule has 6 nitrogen and oxygen atoms in total. The second-order valence-corrected chi connectivity index (χ2v) is 10.1. The first-order chi connectivity index (χ1) is 13.8. The summed E-state index contributed by atoms with van der Waals surface area (Å²) < 4.78 is 32.8. The van der Waals surface area contributed by atoms with Crippen LogP contribution in [-0.2, 0) is 21.4 Å². The molecule has 9 heteroatoms. The van der Waals surface area contributed by atoms with E-state index in [4.69, 9.17) is 27.6 Å². The molecular weight excluding hydrogens is 435 g/mol. The number of carbonyl (C=O) groups excluding carboxylic acids is 1. The van der Waals surface area contributed by atoms with Gasteiger partial charge < -0.3 is 9.73 Å². The number of nitrogens with one attached hydrogen (secondary N) is 1. The quantitative estimate of drug-likeness (QED) is 0.663. The van der Waals surface area contributed by atoms with Crippen molar-refractivity contribution < 1.29 is 17.6 Å². The Kier molecular flexibility index (Phi) is 7.27. The van der Waals surface area contributed by atoms with E-state index in [9.17, 15) is 13.2 Å². The number of nitrogens with zero attached hydrogens (tertiary/aromatic N) is 1. The van der Waals surface area contributed by atoms with E-state index >= 15 is 0 Å². The summed E-state index contributed by atoms with van der Waals surface area (Å²) in [6.07, 6.45) is 5.65. The first kappa shape index (κ1) is 22.2. The molecule has 2 atom stereocenters. The van der Waals surface area contributed by atoms with Gasteiger partial charge in [-0.15, -0.1) is 0 Å². The molecule has 1 aromatic carbocycles. The normalized spacial score (nSPS) is 20.0. The Morgan fingerprint density at radius 3 is 2.62 bits per heavy atom. The lowest BCUT2D eigenvalue weighted by Gasteiger charge is -2.30. The fourth-order valence-corrected chi connectivity index (χ4v) is 5.28. The summed E-state index contributed by atoms with van der Waals surface area (Å²) in [5.41, 5.74) is 0. The van der Waals surface area contributed by atoms with Gasteiger partial charge in [-0.05, 0) is 49.1 Å². The molecular formula is C20H24Cl2N2O4S. The number of amides is 1. The van der Waals surface area contributed by atoms with Crippen molar-refractivity contribution in [1.29, 1.82) is 0 Å². The predicted molar refractivity (Wildman–Crippen MR) is 112 cm³/mol. The number of furan rings is 1. The maximum absolute atomic E-state index is 13.2. The monoisotopic (exact) mass is 458 g/mol. The fourth-order valence-electron chi connectivity index (χ4n) is 3.53. The van der Waals surface area contributed by atoms with Crippen molar-refractivity contribution in [3.05, 3.63) is 52.4 Å². The number of carbonyl (C=O) groups is 1. The van der Waals surface area contributed by atoms with Gasteiger partial charge in [0, 0.05) is 6.04 Å². The molecule has 1 heterocycles. The van der Waals surface area contributed by atoms with Gasteiger partial charge >= 0.3 is 0 Å². The van der Waals surface area contributed by atoms with E-state index in [1.165, 1.54) is 24.5 Å². The van der Waals surface area contributed by atoms with Crippen molar-refractivity contribution in [2.75, 3.05) is 6.54 Å². The lowest BCUT2D eigenvalue weighted by Crippen LogP contribution is -2.46. The lowest BCUT2D eigenvalue weighted by atomic mass is 9.86. The molecule has 1 aliphatic carbocycles. The summed E-state index contributed by atoms with van der Waals surface area (Å²) in [7, 11) is -4.00. The van der Waals surface area contributed by atoms with Gasteiger partial charge in [0.1, 0.15) is 5.76 Å². The van der Waals surface area contributed by atoms with Crippen LogP contribution in [-0.4, -0.2) is 31.2 Å². The van der Waals surface area contributed by atoms with Crippen molar-refractivity contribution >= 4 is 39.1 Å². The van der Waals surface area contributed by atoms with E-state index in [1.54, 1.807) is 12.1 Å². The van der Waals surface area contributed by atoms with Gasteiger partial charge in [-0.25, -0.2) is 8.42 Å². The van der Waals surface area contributed by atoms with E-state index in [-0.39, 0.29) is 40.0 Å². The highest BCUT2D eigenvalue weighted by atomic mass is 35.5. The van der Waals surface area contributed by atoms with Crippen LogP contribution >= 0.6 is 23.2 Å². The van der Waals surface area contributed by atoms with Crippen molar-refractivity contribution in [3.63, 3.8) is 0 Å². The van der Waals surface area contributed by atoms with E-state index < -0.39 is 10.0 Å². The van der Waals surface area contributed by atoms with Gasteiger partial charge in [0.25, 0.3) is 0 Å².